The number of rotatable bonds is 11. The number of hydrogen-bond donors (Lipinski definition) is 3. The number of Topliss-reactive ketones (excluding diaryl/α,β-unsaturated/α-hetero) is 1. The highest BCUT2D eigenvalue weighted by Gasteiger charge is 2.15. The number of ketones is 1. The predicted molar refractivity (Wildman–Crippen MR) is 132 cm³/mol. The third-order valence-electron chi connectivity index (χ3n) is 4.87. The molecule has 0 atom stereocenters. The summed E-state index contributed by atoms with van der Waals surface area (Å²) in [6, 6.07) is 7.51. The van der Waals surface area contributed by atoms with E-state index in [1.54, 1.807) is 12.1 Å². The molecule has 3 rings (SSSR count). The van der Waals surface area contributed by atoms with E-state index < -0.39 is 11.7 Å². The Morgan fingerprint density at radius 1 is 1.09 bits per heavy atom. The Balaban J connectivity index is 1.78. The molecular weight excluding hydrogens is 477 g/mol. The van der Waals surface area contributed by atoms with E-state index in [0.29, 0.717) is 53.3 Å². The normalized spacial score (nSPS) is 10.6. The van der Waals surface area contributed by atoms with Crippen LogP contribution < -0.4 is 20.7 Å². The van der Waals surface area contributed by atoms with Crippen molar-refractivity contribution < 1.29 is 23.5 Å². The Morgan fingerprint density at radius 3 is 2.60 bits per heavy atom. The summed E-state index contributed by atoms with van der Waals surface area (Å²) < 4.78 is 19.2. The minimum Gasteiger partial charge on any atom is -0.492 e. The van der Waals surface area contributed by atoms with E-state index in [-0.39, 0.29) is 29.7 Å². The molecule has 3 aromatic rings. The zero-order valence-electron chi connectivity index (χ0n) is 19.3. The monoisotopic (exact) mass is 501 g/mol. The highest BCUT2D eigenvalue weighted by atomic mass is 35.5. The van der Waals surface area contributed by atoms with Gasteiger partial charge in [0, 0.05) is 30.0 Å². The third kappa shape index (κ3) is 7.35. The number of nitrogens with zero attached hydrogens (tertiary/aromatic N) is 2. The van der Waals surface area contributed by atoms with Gasteiger partial charge in [-0.15, -0.1) is 0 Å². The smallest absolute Gasteiger partial charge is 0.243 e. The average molecular weight is 502 g/mol. The summed E-state index contributed by atoms with van der Waals surface area (Å²) in [6.45, 7) is 3.38. The van der Waals surface area contributed by atoms with Gasteiger partial charge in [-0.1, -0.05) is 11.6 Å². The van der Waals surface area contributed by atoms with Crippen LogP contribution in [0, 0.1) is 5.82 Å². The van der Waals surface area contributed by atoms with Crippen molar-refractivity contribution in [3.63, 3.8) is 0 Å². The molecule has 1 aromatic heterocycles. The topological polar surface area (TPSA) is 122 Å². The van der Waals surface area contributed by atoms with Crippen LogP contribution in [0.25, 0.3) is 10.9 Å². The molecule has 11 heteroatoms. The second-order valence-electron chi connectivity index (χ2n) is 7.66. The molecule has 0 aliphatic carbocycles. The first-order valence-corrected chi connectivity index (χ1v) is 11.3. The molecule has 0 aliphatic rings. The zero-order valence-corrected chi connectivity index (χ0v) is 20.0. The summed E-state index contributed by atoms with van der Waals surface area (Å²) in [7, 11) is 0. The lowest BCUT2D eigenvalue weighted by Crippen LogP contribution is -2.32. The Kier molecular flexibility index (Phi) is 8.91. The summed E-state index contributed by atoms with van der Waals surface area (Å²) in [4.78, 5) is 43.9. The Morgan fingerprint density at radius 2 is 1.89 bits per heavy atom. The maximum Gasteiger partial charge on any atom is 0.243 e. The van der Waals surface area contributed by atoms with Crippen LogP contribution in [0.15, 0.2) is 36.7 Å². The number of anilines is 3. The van der Waals surface area contributed by atoms with Crippen molar-refractivity contribution in [2.24, 2.45) is 0 Å². The highest BCUT2D eigenvalue weighted by Crippen LogP contribution is 2.33. The van der Waals surface area contributed by atoms with Gasteiger partial charge in [-0.05, 0) is 44.5 Å². The molecule has 0 saturated carbocycles. The number of carbonyl (C=O) groups excluding carboxylic acids is 3. The molecule has 2 aromatic carbocycles. The zero-order chi connectivity index (χ0) is 25.4. The van der Waals surface area contributed by atoms with Crippen molar-refractivity contribution >= 4 is 57.3 Å². The van der Waals surface area contributed by atoms with Gasteiger partial charge in [-0.25, -0.2) is 14.4 Å². The van der Waals surface area contributed by atoms with E-state index >= 15 is 0 Å². The summed E-state index contributed by atoms with van der Waals surface area (Å²) in [5.74, 6) is -0.493. The van der Waals surface area contributed by atoms with E-state index in [1.165, 1.54) is 31.5 Å². The van der Waals surface area contributed by atoms with Gasteiger partial charge in [-0.3, -0.25) is 9.59 Å². The number of aromatic nitrogens is 2. The first-order chi connectivity index (χ1) is 16.8. The van der Waals surface area contributed by atoms with Gasteiger partial charge in [0.2, 0.25) is 11.8 Å². The van der Waals surface area contributed by atoms with Crippen molar-refractivity contribution in [3.8, 4) is 5.75 Å². The highest BCUT2D eigenvalue weighted by molar-refractivity contribution is 6.31. The van der Waals surface area contributed by atoms with Crippen molar-refractivity contribution in [1.82, 2.24) is 15.3 Å². The molecule has 0 saturated heterocycles. The average Bonchev–Trinajstić information content (AvgIpc) is 2.81. The van der Waals surface area contributed by atoms with Gasteiger partial charge in [0.15, 0.2) is 0 Å². The van der Waals surface area contributed by atoms with Crippen molar-refractivity contribution in [2.75, 3.05) is 23.8 Å². The Labute approximate surface area is 206 Å². The van der Waals surface area contributed by atoms with E-state index in [1.807, 2.05) is 6.92 Å². The largest absolute Gasteiger partial charge is 0.492 e. The van der Waals surface area contributed by atoms with E-state index in [4.69, 9.17) is 16.3 Å². The lowest BCUT2D eigenvalue weighted by atomic mass is 10.1. The van der Waals surface area contributed by atoms with Gasteiger partial charge in [0.05, 0.1) is 29.4 Å². The Hall–Kier alpha value is -3.79. The van der Waals surface area contributed by atoms with Crippen molar-refractivity contribution in [2.45, 2.75) is 33.1 Å². The molecule has 0 spiro atoms. The predicted octanol–water partition coefficient (Wildman–Crippen LogP) is 4.38. The fourth-order valence-electron chi connectivity index (χ4n) is 3.23. The second-order valence-corrected chi connectivity index (χ2v) is 8.06. The van der Waals surface area contributed by atoms with Gasteiger partial charge < -0.3 is 25.5 Å². The number of halogens is 2. The van der Waals surface area contributed by atoms with Crippen LogP contribution in [-0.4, -0.2) is 40.7 Å². The summed E-state index contributed by atoms with van der Waals surface area (Å²) in [6.07, 6.45) is 2.27. The van der Waals surface area contributed by atoms with E-state index in [0.717, 1.165) is 0 Å². The first kappa shape index (κ1) is 25.8. The fourth-order valence-corrected chi connectivity index (χ4v) is 3.41. The molecule has 35 heavy (non-hydrogen) atoms. The third-order valence-corrected chi connectivity index (χ3v) is 5.16. The van der Waals surface area contributed by atoms with Crippen LogP contribution in [-0.2, 0) is 14.4 Å². The number of ether oxygens (including phenoxy) is 1. The van der Waals surface area contributed by atoms with Crippen molar-refractivity contribution in [1.29, 1.82) is 0 Å². The first-order valence-electron chi connectivity index (χ1n) is 11.0. The molecule has 0 fully saturated rings. The minimum atomic E-state index is -0.540. The molecule has 0 unspecified atom stereocenters. The minimum absolute atomic E-state index is 0.00987. The van der Waals surface area contributed by atoms with Gasteiger partial charge in [-0.2, -0.15) is 0 Å². The van der Waals surface area contributed by atoms with Gasteiger partial charge in [0.25, 0.3) is 0 Å². The number of benzene rings is 2. The van der Waals surface area contributed by atoms with Crippen molar-refractivity contribution in [3.05, 3.63) is 47.5 Å². The molecule has 184 valence electrons. The number of hydrogen-bond acceptors (Lipinski definition) is 7. The van der Waals surface area contributed by atoms with Gasteiger partial charge >= 0.3 is 0 Å². The van der Waals surface area contributed by atoms with Gasteiger partial charge in [0.1, 0.15) is 29.5 Å². The molecule has 0 aliphatic heterocycles. The van der Waals surface area contributed by atoms with Crippen LogP contribution in [0.5, 0.6) is 5.75 Å². The standard InChI is InChI=1S/C24H25ClFN5O4/c1-3-35-21-11-19-16(24(29-13-28-19)30-15-7-8-18(26)17(25)9-15)10-20(21)31-23(34)12-27-22(33)6-4-5-14(2)32/h7-11,13H,3-6,12H2,1-2H3,(H,27,33)(H,31,34)(H,28,29,30). The maximum atomic E-state index is 13.5. The lowest BCUT2D eigenvalue weighted by molar-refractivity contribution is -0.124. The van der Waals surface area contributed by atoms with Crippen LogP contribution in [0.4, 0.5) is 21.6 Å². The molecule has 0 bridgehead atoms. The number of carbonyl (C=O) groups is 3. The van der Waals surface area contributed by atoms with Crippen LogP contribution >= 0.6 is 11.6 Å². The molecule has 2 amide bonds. The Bertz CT molecular complexity index is 1250. The lowest BCUT2D eigenvalue weighted by Gasteiger charge is -2.15. The SMILES string of the molecule is CCOc1cc2ncnc(Nc3ccc(F)c(Cl)c3)c2cc1NC(=O)CNC(=O)CCCC(C)=O. The molecular formula is C24H25ClFN5O4. The summed E-state index contributed by atoms with van der Waals surface area (Å²) >= 11 is 5.87. The molecule has 3 N–H and O–H groups in total. The van der Waals surface area contributed by atoms with Crippen LogP contribution in [0.2, 0.25) is 5.02 Å². The van der Waals surface area contributed by atoms with Crippen LogP contribution in [0.1, 0.15) is 33.1 Å². The second kappa shape index (κ2) is 12.1. The molecule has 1 heterocycles. The van der Waals surface area contributed by atoms with E-state index in [9.17, 15) is 18.8 Å². The van der Waals surface area contributed by atoms with E-state index in [2.05, 4.69) is 25.9 Å². The quantitative estimate of drug-likeness (QED) is 0.356. The fraction of sp³-hybridized carbons (Fsp3) is 0.292. The van der Waals surface area contributed by atoms with Crippen LogP contribution in [0.3, 0.4) is 0 Å². The summed E-state index contributed by atoms with van der Waals surface area (Å²) in [5, 5.41) is 8.88. The number of amides is 2. The molecule has 0 radical (unpaired) electrons. The summed E-state index contributed by atoms with van der Waals surface area (Å²) in [5.41, 5.74) is 1.43. The maximum absolute atomic E-state index is 13.5. The number of fused-ring (bicyclic) bond motifs is 1. The number of nitrogens with one attached hydrogen (secondary N) is 3. The molecule has 9 nitrogen and oxygen atoms in total.